The standard InChI is InChI=1S/C7H12BNO3/c1-4(2)6(7(10)11)5(3)9-12-8/h4,6H,1-3H3,(H,10,11)/t6-/m1/s1. The minimum Gasteiger partial charge on any atom is -0.481 e. The summed E-state index contributed by atoms with van der Waals surface area (Å²) in [7, 11) is 4.69. The molecule has 0 bridgehead atoms. The van der Waals surface area contributed by atoms with Crippen LogP contribution in [-0.4, -0.2) is 24.8 Å². The van der Waals surface area contributed by atoms with Crippen molar-refractivity contribution in [3.8, 4) is 0 Å². The number of rotatable bonds is 4. The summed E-state index contributed by atoms with van der Waals surface area (Å²) in [6, 6.07) is 0. The van der Waals surface area contributed by atoms with Crippen molar-refractivity contribution >= 4 is 19.7 Å². The molecule has 0 aromatic carbocycles. The highest BCUT2D eigenvalue weighted by Crippen LogP contribution is 2.13. The molecule has 0 saturated heterocycles. The minimum atomic E-state index is -0.914. The van der Waals surface area contributed by atoms with E-state index in [2.05, 4.69) is 18.0 Å². The predicted molar refractivity (Wildman–Crippen MR) is 45.9 cm³/mol. The van der Waals surface area contributed by atoms with Crippen LogP contribution in [0.15, 0.2) is 5.16 Å². The summed E-state index contributed by atoms with van der Waals surface area (Å²) < 4.78 is 4.01. The fraction of sp³-hybridized carbons (Fsp3) is 0.714. The van der Waals surface area contributed by atoms with Crippen LogP contribution < -0.4 is 0 Å². The highest BCUT2D eigenvalue weighted by atomic mass is 16.6. The second-order valence-electron chi connectivity index (χ2n) is 2.90. The van der Waals surface area contributed by atoms with Gasteiger partial charge in [-0.25, -0.2) is 0 Å². The van der Waals surface area contributed by atoms with E-state index in [0.717, 1.165) is 0 Å². The first-order valence-electron chi connectivity index (χ1n) is 3.63. The van der Waals surface area contributed by atoms with Gasteiger partial charge in [-0.3, -0.25) is 4.79 Å². The van der Waals surface area contributed by atoms with Gasteiger partial charge in [-0.1, -0.05) is 13.8 Å². The lowest BCUT2D eigenvalue weighted by atomic mass is 9.92. The molecule has 0 fully saturated rings. The Morgan fingerprint density at radius 1 is 1.58 bits per heavy atom. The second kappa shape index (κ2) is 4.80. The van der Waals surface area contributed by atoms with E-state index in [9.17, 15) is 4.79 Å². The fourth-order valence-corrected chi connectivity index (χ4v) is 1.09. The van der Waals surface area contributed by atoms with Gasteiger partial charge in [0.1, 0.15) is 5.92 Å². The minimum absolute atomic E-state index is 0.0265. The number of nitrogens with zero attached hydrogens (tertiary/aromatic N) is 1. The summed E-state index contributed by atoms with van der Waals surface area (Å²) in [4.78, 5) is 10.7. The molecule has 0 aliphatic carbocycles. The summed E-state index contributed by atoms with van der Waals surface area (Å²) in [6.45, 7) is 5.17. The van der Waals surface area contributed by atoms with Crippen LogP contribution in [0.1, 0.15) is 20.8 Å². The molecule has 0 heterocycles. The fourth-order valence-electron chi connectivity index (χ4n) is 1.09. The third kappa shape index (κ3) is 2.94. The molecule has 66 valence electrons. The van der Waals surface area contributed by atoms with E-state index < -0.39 is 11.9 Å². The summed E-state index contributed by atoms with van der Waals surface area (Å²) in [5.41, 5.74) is 0.375. The number of oxime groups is 1. The molecule has 1 N–H and O–H groups in total. The summed E-state index contributed by atoms with van der Waals surface area (Å²) in [6.07, 6.45) is 0. The molecule has 0 saturated carbocycles. The molecule has 0 amide bonds. The first-order valence-corrected chi connectivity index (χ1v) is 3.63. The van der Waals surface area contributed by atoms with E-state index in [1.165, 1.54) is 0 Å². The Bertz CT molecular complexity index is 191. The molecule has 0 aromatic heterocycles. The van der Waals surface area contributed by atoms with E-state index in [1.54, 1.807) is 20.8 Å². The van der Waals surface area contributed by atoms with Crippen LogP contribution in [0, 0.1) is 11.8 Å². The summed E-state index contributed by atoms with van der Waals surface area (Å²) in [5.74, 6) is -1.57. The van der Waals surface area contributed by atoms with Gasteiger partial charge in [0.2, 0.25) is 0 Å². The van der Waals surface area contributed by atoms with E-state index in [1.807, 2.05) is 0 Å². The number of carbonyl (C=O) groups is 1. The van der Waals surface area contributed by atoms with Gasteiger partial charge in [0.05, 0.1) is 5.71 Å². The number of aliphatic carboxylic acids is 1. The molecular formula is C7H12BNO3. The second-order valence-corrected chi connectivity index (χ2v) is 2.90. The third-order valence-corrected chi connectivity index (χ3v) is 1.58. The van der Waals surface area contributed by atoms with Gasteiger partial charge < -0.3 is 9.86 Å². The van der Waals surface area contributed by atoms with Gasteiger partial charge in [-0.2, -0.15) is 0 Å². The van der Waals surface area contributed by atoms with Gasteiger partial charge in [0, 0.05) is 0 Å². The zero-order valence-corrected chi connectivity index (χ0v) is 7.44. The zero-order valence-electron chi connectivity index (χ0n) is 7.44. The van der Waals surface area contributed by atoms with E-state index in [0.29, 0.717) is 5.71 Å². The van der Waals surface area contributed by atoms with Crippen LogP contribution in [-0.2, 0) is 9.55 Å². The molecular weight excluding hydrogens is 157 g/mol. The lowest BCUT2D eigenvalue weighted by Gasteiger charge is -2.14. The predicted octanol–water partition coefficient (Wildman–Crippen LogP) is 0.819. The maximum Gasteiger partial charge on any atom is 0.420 e. The number of hydrogen-bond acceptors (Lipinski definition) is 3. The Balaban J connectivity index is 4.51. The molecule has 1 atom stereocenters. The first kappa shape index (κ1) is 11.0. The van der Waals surface area contributed by atoms with Crippen LogP contribution in [0.5, 0.6) is 0 Å². The Morgan fingerprint density at radius 2 is 2.08 bits per heavy atom. The molecule has 0 unspecified atom stereocenters. The molecule has 2 radical (unpaired) electrons. The highest BCUT2D eigenvalue weighted by Gasteiger charge is 2.24. The van der Waals surface area contributed by atoms with Crippen LogP contribution in [0.3, 0.4) is 0 Å². The van der Waals surface area contributed by atoms with Crippen molar-refractivity contribution in [2.45, 2.75) is 20.8 Å². The van der Waals surface area contributed by atoms with Gasteiger partial charge in [-0.05, 0) is 12.8 Å². The van der Waals surface area contributed by atoms with Gasteiger partial charge in [0.25, 0.3) is 0 Å². The molecule has 5 heteroatoms. The molecule has 0 spiro atoms. The van der Waals surface area contributed by atoms with Crippen LogP contribution in [0.2, 0.25) is 0 Å². The van der Waals surface area contributed by atoms with Crippen molar-refractivity contribution in [1.29, 1.82) is 0 Å². The lowest BCUT2D eigenvalue weighted by Crippen LogP contribution is -2.27. The smallest absolute Gasteiger partial charge is 0.420 e. The maximum atomic E-state index is 10.7. The van der Waals surface area contributed by atoms with Crippen molar-refractivity contribution in [2.24, 2.45) is 17.0 Å². The van der Waals surface area contributed by atoms with Crippen molar-refractivity contribution in [2.75, 3.05) is 0 Å². The van der Waals surface area contributed by atoms with E-state index in [-0.39, 0.29) is 5.92 Å². The Morgan fingerprint density at radius 3 is 2.33 bits per heavy atom. The average Bonchev–Trinajstić information content (AvgIpc) is 1.85. The molecule has 0 aliphatic rings. The van der Waals surface area contributed by atoms with E-state index in [4.69, 9.17) is 5.11 Å². The Kier molecular flexibility index (Phi) is 4.40. The molecule has 4 nitrogen and oxygen atoms in total. The summed E-state index contributed by atoms with van der Waals surface area (Å²) >= 11 is 0. The molecule has 0 aliphatic heterocycles. The Labute approximate surface area is 73.0 Å². The SMILES string of the molecule is [B]ON=C(C)[C@H](C(=O)O)C(C)C. The summed E-state index contributed by atoms with van der Waals surface area (Å²) in [5, 5.41) is 12.1. The number of carboxylic acids is 1. The van der Waals surface area contributed by atoms with Crippen molar-refractivity contribution in [3.63, 3.8) is 0 Å². The monoisotopic (exact) mass is 169 g/mol. The molecule has 12 heavy (non-hydrogen) atoms. The van der Waals surface area contributed by atoms with Crippen LogP contribution in [0.4, 0.5) is 0 Å². The van der Waals surface area contributed by atoms with Gasteiger partial charge in [-0.15, -0.1) is 5.16 Å². The first-order chi connectivity index (χ1) is 5.50. The average molecular weight is 169 g/mol. The van der Waals surface area contributed by atoms with Crippen LogP contribution in [0.25, 0.3) is 0 Å². The van der Waals surface area contributed by atoms with Crippen molar-refractivity contribution in [3.05, 3.63) is 0 Å². The third-order valence-electron chi connectivity index (χ3n) is 1.58. The van der Waals surface area contributed by atoms with Crippen molar-refractivity contribution in [1.82, 2.24) is 0 Å². The van der Waals surface area contributed by atoms with E-state index >= 15 is 0 Å². The van der Waals surface area contributed by atoms with Gasteiger partial charge in [0.15, 0.2) is 0 Å². The largest absolute Gasteiger partial charge is 0.481 e. The zero-order chi connectivity index (χ0) is 9.72. The molecule has 0 rings (SSSR count). The number of carboxylic acid groups (broad SMARTS) is 1. The number of hydrogen-bond donors (Lipinski definition) is 1. The maximum absolute atomic E-state index is 10.7. The Hall–Kier alpha value is -0.995. The van der Waals surface area contributed by atoms with Gasteiger partial charge >= 0.3 is 14.0 Å². The lowest BCUT2D eigenvalue weighted by molar-refractivity contribution is -0.140. The topological polar surface area (TPSA) is 58.9 Å². The van der Waals surface area contributed by atoms with Crippen LogP contribution >= 0.6 is 0 Å². The normalized spacial score (nSPS) is 14.5. The van der Waals surface area contributed by atoms with Crippen molar-refractivity contribution < 1.29 is 14.7 Å². The molecule has 0 aromatic rings. The quantitative estimate of drug-likeness (QED) is 0.385. The highest BCUT2D eigenvalue weighted by molar-refractivity contribution is 6.02.